The van der Waals surface area contributed by atoms with Crippen LogP contribution in [-0.4, -0.2) is 42.8 Å². The Morgan fingerprint density at radius 2 is 2.21 bits per heavy atom. The zero-order valence-corrected chi connectivity index (χ0v) is 14.5. The molecule has 1 aliphatic rings. The van der Waals surface area contributed by atoms with Gasteiger partial charge >= 0.3 is 0 Å². The highest BCUT2D eigenvalue weighted by Crippen LogP contribution is 2.20. The van der Waals surface area contributed by atoms with E-state index >= 15 is 0 Å². The Hall–Kier alpha value is -1.85. The van der Waals surface area contributed by atoms with Crippen LogP contribution in [0, 0.1) is 0 Å². The number of methoxy groups -OCH3 is 1. The summed E-state index contributed by atoms with van der Waals surface area (Å²) < 4.78 is 11.2. The van der Waals surface area contributed by atoms with Crippen LogP contribution >= 0.6 is 0 Å². The summed E-state index contributed by atoms with van der Waals surface area (Å²) in [6.45, 7) is 5.52. The van der Waals surface area contributed by atoms with Crippen molar-refractivity contribution in [3.63, 3.8) is 0 Å². The Bertz CT molecular complexity index is 741. The smallest absolute Gasteiger partial charge is 0.252 e. The van der Waals surface area contributed by atoms with Gasteiger partial charge in [-0.3, -0.25) is 9.69 Å². The van der Waals surface area contributed by atoms with Crippen LogP contribution in [0.4, 0.5) is 0 Å². The fraction of sp³-hybridized carbons (Fsp3) is 0.526. The molecule has 0 bridgehead atoms. The van der Waals surface area contributed by atoms with Gasteiger partial charge in [-0.1, -0.05) is 6.92 Å². The molecule has 5 heteroatoms. The minimum atomic E-state index is -0.00994. The molecule has 2 aromatic rings. The van der Waals surface area contributed by atoms with Gasteiger partial charge in [-0.15, -0.1) is 0 Å². The van der Waals surface area contributed by atoms with E-state index in [9.17, 15) is 4.79 Å². The first-order valence-corrected chi connectivity index (χ1v) is 8.73. The quantitative estimate of drug-likeness (QED) is 0.885. The second kappa shape index (κ2) is 7.81. The van der Waals surface area contributed by atoms with Crippen molar-refractivity contribution < 1.29 is 9.47 Å². The number of nitrogens with zero attached hydrogens (tertiary/aromatic N) is 1. The highest BCUT2D eigenvalue weighted by Gasteiger charge is 2.21. The first kappa shape index (κ1) is 17.0. The summed E-state index contributed by atoms with van der Waals surface area (Å²) in [5.74, 6) is 0.798. The van der Waals surface area contributed by atoms with E-state index < -0.39 is 0 Å². The van der Waals surface area contributed by atoms with Crippen molar-refractivity contribution in [1.82, 2.24) is 9.88 Å². The van der Waals surface area contributed by atoms with Gasteiger partial charge in [0.15, 0.2) is 0 Å². The standard InChI is InChI=1S/C19H26N2O3/c1-3-9-24-17-5-4-8-21(13-17)12-15-10-14-11-16(23-2)6-7-18(14)20-19(15)22/h6-7,10-11,17H,3-5,8-9,12-13H2,1-2H3,(H,20,22). The van der Waals surface area contributed by atoms with Crippen LogP contribution < -0.4 is 10.3 Å². The van der Waals surface area contributed by atoms with E-state index in [0.717, 1.165) is 61.2 Å². The second-order valence-corrected chi connectivity index (χ2v) is 6.45. The summed E-state index contributed by atoms with van der Waals surface area (Å²) in [4.78, 5) is 17.7. The molecule has 0 aliphatic carbocycles. The minimum absolute atomic E-state index is 0.00994. The molecule has 24 heavy (non-hydrogen) atoms. The van der Waals surface area contributed by atoms with E-state index in [2.05, 4.69) is 16.8 Å². The lowest BCUT2D eigenvalue weighted by atomic mass is 10.1. The number of aromatic amines is 1. The number of pyridine rings is 1. The molecule has 5 nitrogen and oxygen atoms in total. The van der Waals surface area contributed by atoms with Gasteiger partial charge in [0.25, 0.3) is 5.56 Å². The molecule has 3 rings (SSSR count). The molecule has 1 fully saturated rings. The number of hydrogen-bond acceptors (Lipinski definition) is 4. The van der Waals surface area contributed by atoms with E-state index in [1.807, 2.05) is 24.3 Å². The van der Waals surface area contributed by atoms with E-state index in [0.29, 0.717) is 12.6 Å². The minimum Gasteiger partial charge on any atom is -0.497 e. The van der Waals surface area contributed by atoms with E-state index in [-0.39, 0.29) is 5.56 Å². The Labute approximate surface area is 142 Å². The van der Waals surface area contributed by atoms with Crippen LogP contribution in [0.15, 0.2) is 29.1 Å². The number of aromatic nitrogens is 1. The molecule has 1 atom stereocenters. The molecular formula is C19H26N2O3. The third kappa shape index (κ3) is 3.97. The molecular weight excluding hydrogens is 304 g/mol. The van der Waals surface area contributed by atoms with Crippen LogP contribution in [0.3, 0.4) is 0 Å². The van der Waals surface area contributed by atoms with Gasteiger partial charge < -0.3 is 14.5 Å². The summed E-state index contributed by atoms with van der Waals surface area (Å²) >= 11 is 0. The van der Waals surface area contributed by atoms with E-state index in [1.165, 1.54) is 0 Å². The van der Waals surface area contributed by atoms with Gasteiger partial charge in [0, 0.05) is 36.2 Å². The average molecular weight is 330 g/mol. The summed E-state index contributed by atoms with van der Waals surface area (Å²) in [5, 5.41) is 1.000. The van der Waals surface area contributed by atoms with Crippen molar-refractivity contribution in [2.45, 2.75) is 38.8 Å². The maximum atomic E-state index is 12.4. The maximum Gasteiger partial charge on any atom is 0.252 e. The van der Waals surface area contributed by atoms with Gasteiger partial charge in [0.05, 0.1) is 13.2 Å². The SMILES string of the molecule is CCCOC1CCCN(Cc2cc3cc(OC)ccc3[nH]c2=O)C1. The fourth-order valence-corrected chi connectivity index (χ4v) is 3.29. The molecule has 1 saturated heterocycles. The maximum absolute atomic E-state index is 12.4. The van der Waals surface area contributed by atoms with Crippen LogP contribution in [0.2, 0.25) is 0 Å². The summed E-state index contributed by atoms with van der Waals surface area (Å²) in [6, 6.07) is 7.68. The molecule has 0 radical (unpaired) electrons. The number of likely N-dealkylation sites (tertiary alicyclic amines) is 1. The molecule has 1 aromatic heterocycles. The van der Waals surface area contributed by atoms with E-state index in [4.69, 9.17) is 9.47 Å². The molecule has 0 amide bonds. The highest BCUT2D eigenvalue weighted by atomic mass is 16.5. The number of hydrogen-bond donors (Lipinski definition) is 1. The first-order valence-electron chi connectivity index (χ1n) is 8.73. The van der Waals surface area contributed by atoms with Crippen LogP contribution in [0.25, 0.3) is 10.9 Å². The largest absolute Gasteiger partial charge is 0.497 e. The number of fused-ring (bicyclic) bond motifs is 1. The summed E-state index contributed by atoms with van der Waals surface area (Å²) in [7, 11) is 1.65. The Morgan fingerprint density at radius 3 is 3.00 bits per heavy atom. The predicted octanol–water partition coefficient (Wildman–Crippen LogP) is 2.93. The van der Waals surface area contributed by atoms with E-state index in [1.54, 1.807) is 7.11 Å². The summed E-state index contributed by atoms with van der Waals surface area (Å²) in [6.07, 6.45) is 3.57. The van der Waals surface area contributed by atoms with Crippen molar-refractivity contribution in [3.8, 4) is 5.75 Å². The molecule has 2 heterocycles. The zero-order chi connectivity index (χ0) is 16.9. The summed E-state index contributed by atoms with van der Waals surface area (Å²) in [5.41, 5.74) is 1.63. The normalized spacial score (nSPS) is 18.8. The topological polar surface area (TPSA) is 54.6 Å². The number of H-pyrrole nitrogens is 1. The predicted molar refractivity (Wildman–Crippen MR) is 95.7 cm³/mol. The van der Waals surface area contributed by atoms with Gasteiger partial charge in [-0.2, -0.15) is 0 Å². The lowest BCUT2D eigenvalue weighted by molar-refractivity contribution is -0.00231. The van der Waals surface area contributed by atoms with Crippen molar-refractivity contribution in [2.75, 3.05) is 26.8 Å². The second-order valence-electron chi connectivity index (χ2n) is 6.45. The first-order chi connectivity index (χ1) is 11.7. The highest BCUT2D eigenvalue weighted by molar-refractivity contribution is 5.80. The van der Waals surface area contributed by atoms with Crippen molar-refractivity contribution in [3.05, 3.63) is 40.2 Å². The van der Waals surface area contributed by atoms with Crippen LogP contribution in [0.5, 0.6) is 5.75 Å². The van der Waals surface area contributed by atoms with Gasteiger partial charge in [-0.25, -0.2) is 0 Å². The Kier molecular flexibility index (Phi) is 5.53. The lowest BCUT2D eigenvalue weighted by Gasteiger charge is -2.32. The molecule has 1 aliphatic heterocycles. The fourth-order valence-electron chi connectivity index (χ4n) is 3.29. The third-order valence-corrected chi connectivity index (χ3v) is 4.54. The monoisotopic (exact) mass is 330 g/mol. The van der Waals surface area contributed by atoms with Gasteiger partial charge in [-0.05, 0) is 50.1 Å². The number of rotatable bonds is 6. The van der Waals surface area contributed by atoms with Crippen molar-refractivity contribution in [1.29, 1.82) is 0 Å². The van der Waals surface area contributed by atoms with Crippen molar-refractivity contribution in [2.24, 2.45) is 0 Å². The number of benzene rings is 1. The molecule has 1 N–H and O–H groups in total. The molecule has 1 unspecified atom stereocenters. The average Bonchev–Trinajstić information content (AvgIpc) is 2.60. The lowest BCUT2D eigenvalue weighted by Crippen LogP contribution is -2.40. The zero-order valence-electron chi connectivity index (χ0n) is 14.5. The van der Waals surface area contributed by atoms with Gasteiger partial charge in [0.2, 0.25) is 0 Å². The molecule has 0 spiro atoms. The number of nitrogens with one attached hydrogen (secondary N) is 1. The van der Waals surface area contributed by atoms with Gasteiger partial charge in [0.1, 0.15) is 5.75 Å². The third-order valence-electron chi connectivity index (χ3n) is 4.54. The molecule has 130 valence electrons. The molecule has 0 saturated carbocycles. The number of ether oxygens (including phenoxy) is 2. The molecule has 1 aromatic carbocycles. The Balaban J connectivity index is 1.76. The Morgan fingerprint density at radius 1 is 1.33 bits per heavy atom. The van der Waals surface area contributed by atoms with Crippen LogP contribution in [0.1, 0.15) is 31.7 Å². The van der Waals surface area contributed by atoms with Crippen LogP contribution in [-0.2, 0) is 11.3 Å². The number of piperidine rings is 1. The van der Waals surface area contributed by atoms with Crippen molar-refractivity contribution >= 4 is 10.9 Å².